The van der Waals surface area contributed by atoms with Crippen molar-refractivity contribution in [2.45, 2.75) is 12.5 Å². The summed E-state index contributed by atoms with van der Waals surface area (Å²) in [5.41, 5.74) is 1.66. The maximum atomic E-state index is 12.5. The number of aliphatic hydroxyl groups excluding tert-OH is 1. The molecule has 0 spiro atoms. The van der Waals surface area contributed by atoms with Gasteiger partial charge >= 0.3 is 0 Å². The van der Waals surface area contributed by atoms with Crippen LogP contribution in [-0.4, -0.2) is 66.2 Å². The minimum atomic E-state index is -0.602. The van der Waals surface area contributed by atoms with Crippen LogP contribution in [0.3, 0.4) is 0 Å². The molecule has 1 aliphatic rings. The molecular formula is C22H25N3O3. The highest BCUT2D eigenvalue weighted by molar-refractivity contribution is 5.94. The molecule has 1 fully saturated rings. The Balaban J connectivity index is 1.39. The smallest absolute Gasteiger partial charge is 0.253 e. The first-order valence-corrected chi connectivity index (χ1v) is 9.49. The Morgan fingerprint density at radius 1 is 1.07 bits per heavy atom. The van der Waals surface area contributed by atoms with E-state index in [0.29, 0.717) is 37.4 Å². The summed E-state index contributed by atoms with van der Waals surface area (Å²) in [6, 6.07) is 18.8. The normalized spacial score (nSPS) is 15.6. The lowest BCUT2D eigenvalue weighted by atomic mass is 10.1. The van der Waals surface area contributed by atoms with Gasteiger partial charge < -0.3 is 14.7 Å². The average molecular weight is 379 g/mol. The molecule has 0 radical (unpaired) electrons. The van der Waals surface area contributed by atoms with Crippen molar-refractivity contribution < 1.29 is 14.6 Å². The monoisotopic (exact) mass is 379 g/mol. The maximum absolute atomic E-state index is 12.5. The van der Waals surface area contributed by atoms with Crippen molar-refractivity contribution in [3.8, 4) is 11.8 Å². The van der Waals surface area contributed by atoms with Crippen molar-refractivity contribution in [3.05, 3.63) is 65.7 Å². The molecule has 0 bridgehead atoms. The third-order valence-corrected chi connectivity index (χ3v) is 4.80. The van der Waals surface area contributed by atoms with E-state index in [-0.39, 0.29) is 12.5 Å². The number of nitriles is 1. The van der Waals surface area contributed by atoms with Crippen LogP contribution >= 0.6 is 0 Å². The fourth-order valence-corrected chi connectivity index (χ4v) is 3.23. The number of benzene rings is 2. The molecule has 0 aliphatic carbocycles. The second kappa shape index (κ2) is 9.88. The second-order valence-electron chi connectivity index (χ2n) is 6.90. The van der Waals surface area contributed by atoms with Gasteiger partial charge in [-0.05, 0) is 29.8 Å². The number of hydrogen-bond acceptors (Lipinski definition) is 5. The van der Waals surface area contributed by atoms with Gasteiger partial charge in [0.25, 0.3) is 5.91 Å². The van der Waals surface area contributed by atoms with Gasteiger partial charge in [0.1, 0.15) is 18.5 Å². The van der Waals surface area contributed by atoms with Crippen LogP contribution in [-0.2, 0) is 6.42 Å². The lowest BCUT2D eigenvalue weighted by molar-refractivity contribution is 0.0403. The van der Waals surface area contributed by atoms with E-state index >= 15 is 0 Å². The Bertz CT molecular complexity index is 794. The van der Waals surface area contributed by atoms with Crippen molar-refractivity contribution in [1.82, 2.24) is 9.80 Å². The van der Waals surface area contributed by atoms with E-state index in [9.17, 15) is 9.90 Å². The number of β-amino-alcohol motifs (C(OH)–C–C–N with tert-alkyl or cyclic N) is 1. The molecule has 3 rings (SSSR count). The summed E-state index contributed by atoms with van der Waals surface area (Å²) in [4.78, 5) is 16.5. The highest BCUT2D eigenvalue weighted by atomic mass is 16.5. The van der Waals surface area contributed by atoms with Crippen molar-refractivity contribution in [2.75, 3.05) is 39.3 Å². The number of rotatable bonds is 7. The number of nitrogens with zero attached hydrogens (tertiary/aromatic N) is 3. The maximum Gasteiger partial charge on any atom is 0.253 e. The van der Waals surface area contributed by atoms with Crippen molar-refractivity contribution in [2.24, 2.45) is 0 Å². The minimum absolute atomic E-state index is 0.0592. The highest BCUT2D eigenvalue weighted by Gasteiger charge is 2.23. The second-order valence-corrected chi connectivity index (χ2v) is 6.90. The minimum Gasteiger partial charge on any atom is -0.491 e. The number of aliphatic hydroxyl groups is 1. The van der Waals surface area contributed by atoms with Gasteiger partial charge in [-0.15, -0.1) is 0 Å². The number of hydrogen-bond donors (Lipinski definition) is 1. The van der Waals surface area contributed by atoms with E-state index in [4.69, 9.17) is 10.00 Å². The molecule has 6 nitrogen and oxygen atoms in total. The standard InChI is InChI=1S/C22H25N3O3/c23-11-10-18-6-8-21(9-7-18)28-17-20(26)16-24-12-14-25(15-13-24)22(27)19-4-2-1-3-5-19/h1-9,20,26H,10,12-17H2. The molecule has 0 saturated carbocycles. The first-order valence-electron chi connectivity index (χ1n) is 9.49. The van der Waals surface area contributed by atoms with Crippen LogP contribution in [0.1, 0.15) is 15.9 Å². The zero-order valence-electron chi connectivity index (χ0n) is 15.8. The molecule has 0 aromatic heterocycles. The number of amides is 1. The Labute approximate surface area is 165 Å². The van der Waals surface area contributed by atoms with Crippen LogP contribution in [0, 0.1) is 11.3 Å². The van der Waals surface area contributed by atoms with Crippen molar-refractivity contribution in [1.29, 1.82) is 5.26 Å². The summed E-state index contributed by atoms with van der Waals surface area (Å²) in [5.74, 6) is 0.739. The molecular weight excluding hydrogens is 354 g/mol. The number of carbonyl (C=O) groups excluding carboxylic acids is 1. The van der Waals surface area contributed by atoms with E-state index in [1.807, 2.05) is 59.5 Å². The van der Waals surface area contributed by atoms with Gasteiger partial charge in [-0.2, -0.15) is 5.26 Å². The van der Waals surface area contributed by atoms with Gasteiger partial charge in [-0.1, -0.05) is 30.3 Å². The van der Waals surface area contributed by atoms with Gasteiger partial charge in [-0.25, -0.2) is 0 Å². The zero-order chi connectivity index (χ0) is 19.8. The Morgan fingerprint density at radius 3 is 2.39 bits per heavy atom. The Kier molecular flexibility index (Phi) is 7.01. The summed E-state index contributed by atoms with van der Waals surface area (Å²) >= 11 is 0. The fourth-order valence-electron chi connectivity index (χ4n) is 3.23. The van der Waals surface area contributed by atoms with Crippen LogP contribution in [0.4, 0.5) is 0 Å². The molecule has 6 heteroatoms. The van der Waals surface area contributed by atoms with E-state index in [1.54, 1.807) is 0 Å². The third kappa shape index (κ3) is 5.56. The number of carbonyl (C=O) groups is 1. The van der Waals surface area contributed by atoms with Crippen LogP contribution in [0.15, 0.2) is 54.6 Å². The van der Waals surface area contributed by atoms with Crippen LogP contribution in [0.2, 0.25) is 0 Å². The van der Waals surface area contributed by atoms with E-state index in [0.717, 1.165) is 18.7 Å². The summed E-state index contributed by atoms with van der Waals surface area (Å²) < 4.78 is 5.64. The SMILES string of the molecule is N#CCc1ccc(OCC(O)CN2CCN(C(=O)c3ccccc3)CC2)cc1. The zero-order valence-corrected chi connectivity index (χ0v) is 15.8. The molecule has 1 heterocycles. The average Bonchev–Trinajstić information content (AvgIpc) is 2.74. The molecule has 1 unspecified atom stereocenters. The van der Waals surface area contributed by atoms with Crippen molar-refractivity contribution >= 4 is 5.91 Å². The lowest BCUT2D eigenvalue weighted by Crippen LogP contribution is -2.50. The van der Waals surface area contributed by atoms with E-state index in [2.05, 4.69) is 11.0 Å². The van der Waals surface area contributed by atoms with Crippen molar-refractivity contribution in [3.63, 3.8) is 0 Å². The Morgan fingerprint density at radius 2 is 1.75 bits per heavy atom. The number of ether oxygens (including phenoxy) is 1. The fraction of sp³-hybridized carbons (Fsp3) is 0.364. The lowest BCUT2D eigenvalue weighted by Gasteiger charge is -2.35. The van der Waals surface area contributed by atoms with Crippen LogP contribution < -0.4 is 4.74 Å². The predicted octanol–water partition coefficient (Wildman–Crippen LogP) is 1.95. The Hall–Kier alpha value is -2.88. The summed E-state index contributed by atoms with van der Waals surface area (Å²) in [6.45, 7) is 3.50. The molecule has 146 valence electrons. The van der Waals surface area contributed by atoms with Gasteiger partial charge in [0.05, 0.1) is 12.5 Å². The molecule has 2 aromatic rings. The molecule has 2 aromatic carbocycles. The third-order valence-electron chi connectivity index (χ3n) is 4.80. The van der Waals surface area contributed by atoms with E-state index in [1.165, 1.54) is 0 Å². The topological polar surface area (TPSA) is 76.8 Å². The van der Waals surface area contributed by atoms with Gasteiger partial charge in [0.15, 0.2) is 0 Å². The molecule has 1 saturated heterocycles. The summed E-state index contributed by atoms with van der Waals surface area (Å²) in [5, 5.41) is 18.9. The number of piperazine rings is 1. The quantitative estimate of drug-likeness (QED) is 0.796. The van der Waals surface area contributed by atoms with Gasteiger partial charge in [-0.3, -0.25) is 9.69 Å². The van der Waals surface area contributed by atoms with Gasteiger partial charge in [0, 0.05) is 38.3 Å². The molecule has 1 aliphatic heterocycles. The van der Waals surface area contributed by atoms with Crippen LogP contribution in [0.25, 0.3) is 0 Å². The summed E-state index contributed by atoms with van der Waals surface area (Å²) in [7, 11) is 0. The first-order chi connectivity index (χ1) is 13.7. The summed E-state index contributed by atoms with van der Waals surface area (Å²) in [6.07, 6.45) is -0.225. The molecule has 1 amide bonds. The predicted molar refractivity (Wildman–Crippen MR) is 106 cm³/mol. The van der Waals surface area contributed by atoms with Gasteiger partial charge in [0.2, 0.25) is 0 Å². The molecule has 28 heavy (non-hydrogen) atoms. The first kappa shape index (κ1) is 19.9. The largest absolute Gasteiger partial charge is 0.491 e. The van der Waals surface area contributed by atoms with E-state index < -0.39 is 6.10 Å². The molecule has 1 atom stereocenters. The van der Waals surface area contributed by atoms with Crippen LogP contribution in [0.5, 0.6) is 5.75 Å². The molecule has 1 N–H and O–H groups in total. The highest BCUT2D eigenvalue weighted by Crippen LogP contribution is 2.13.